The summed E-state index contributed by atoms with van der Waals surface area (Å²) in [6, 6.07) is 8.40. The van der Waals surface area contributed by atoms with Crippen LogP contribution in [-0.4, -0.2) is 40.4 Å². The van der Waals surface area contributed by atoms with Crippen molar-refractivity contribution >= 4 is 5.91 Å². The number of carbonyl (C=O) groups excluding carboxylic acids is 1. The second-order valence-corrected chi connectivity index (χ2v) is 6.18. The van der Waals surface area contributed by atoms with Gasteiger partial charge in [0.15, 0.2) is 0 Å². The molecule has 5 nitrogen and oxygen atoms in total. The number of imidazole rings is 1. The lowest BCUT2D eigenvalue weighted by atomic mass is 10.0. The van der Waals surface area contributed by atoms with E-state index < -0.39 is 0 Å². The molecule has 1 aromatic carbocycles. The zero-order valence-electron chi connectivity index (χ0n) is 12.7. The van der Waals surface area contributed by atoms with Gasteiger partial charge in [-0.15, -0.1) is 0 Å². The van der Waals surface area contributed by atoms with Crippen molar-refractivity contribution in [3.8, 4) is 0 Å². The molecule has 0 spiro atoms. The van der Waals surface area contributed by atoms with Crippen LogP contribution in [-0.2, 0) is 24.1 Å². The van der Waals surface area contributed by atoms with E-state index in [0.717, 1.165) is 37.2 Å². The number of aromatic amines is 1. The van der Waals surface area contributed by atoms with Crippen LogP contribution in [0.5, 0.6) is 0 Å². The standard InChI is InChI=1S/C17H20N4O/c1-21(13-8-11-4-2-3-5-12(11)9-13)17(22)16-15-14(6-7-18-16)19-10-20-15/h2-5,10,13,16,18H,6-9H2,1H3,(H,19,20)/t16-/m1/s1. The summed E-state index contributed by atoms with van der Waals surface area (Å²) in [5.41, 5.74) is 4.67. The van der Waals surface area contributed by atoms with Crippen LogP contribution >= 0.6 is 0 Å². The summed E-state index contributed by atoms with van der Waals surface area (Å²) >= 11 is 0. The number of nitrogens with zero attached hydrogens (tertiary/aromatic N) is 2. The number of rotatable bonds is 2. The van der Waals surface area contributed by atoms with Gasteiger partial charge in [-0.25, -0.2) is 4.98 Å². The Balaban J connectivity index is 1.53. The highest BCUT2D eigenvalue weighted by molar-refractivity contribution is 5.83. The molecule has 2 N–H and O–H groups in total. The molecule has 4 rings (SSSR count). The van der Waals surface area contributed by atoms with Crippen LogP contribution in [0, 0.1) is 0 Å². The van der Waals surface area contributed by atoms with E-state index in [0.29, 0.717) is 0 Å². The SMILES string of the molecule is CN(C(=O)[C@@H]1NCCc2[nH]cnc21)C1Cc2ccccc2C1. The zero-order chi connectivity index (χ0) is 15.1. The Labute approximate surface area is 129 Å². The van der Waals surface area contributed by atoms with Crippen LogP contribution in [0.15, 0.2) is 30.6 Å². The summed E-state index contributed by atoms with van der Waals surface area (Å²) in [5.74, 6) is 0.117. The van der Waals surface area contributed by atoms with Gasteiger partial charge in [-0.05, 0) is 24.0 Å². The van der Waals surface area contributed by atoms with Gasteiger partial charge in [-0.1, -0.05) is 24.3 Å². The molecule has 0 fully saturated rings. The van der Waals surface area contributed by atoms with Crippen molar-refractivity contribution in [1.29, 1.82) is 0 Å². The van der Waals surface area contributed by atoms with Crippen LogP contribution in [0.3, 0.4) is 0 Å². The summed E-state index contributed by atoms with van der Waals surface area (Å²) in [6.07, 6.45) is 4.47. The molecular formula is C17H20N4O. The molecule has 1 aliphatic heterocycles. The average Bonchev–Trinajstić information content (AvgIpc) is 3.19. The van der Waals surface area contributed by atoms with Gasteiger partial charge in [0.2, 0.25) is 5.91 Å². The van der Waals surface area contributed by atoms with E-state index in [-0.39, 0.29) is 18.0 Å². The van der Waals surface area contributed by atoms with E-state index in [9.17, 15) is 4.79 Å². The normalized spacial score (nSPS) is 20.5. The smallest absolute Gasteiger partial charge is 0.246 e. The highest BCUT2D eigenvalue weighted by Crippen LogP contribution is 2.27. The number of hydrogen-bond donors (Lipinski definition) is 2. The molecule has 1 atom stereocenters. The third-order valence-electron chi connectivity index (χ3n) is 4.92. The lowest BCUT2D eigenvalue weighted by molar-refractivity contribution is -0.134. The molecule has 2 aromatic rings. The van der Waals surface area contributed by atoms with E-state index in [1.54, 1.807) is 6.33 Å². The van der Waals surface area contributed by atoms with Gasteiger partial charge in [0, 0.05) is 31.7 Å². The molecule has 2 aliphatic rings. The summed E-state index contributed by atoms with van der Waals surface area (Å²) in [6.45, 7) is 0.810. The van der Waals surface area contributed by atoms with Gasteiger partial charge in [0.25, 0.3) is 0 Å². The predicted molar refractivity (Wildman–Crippen MR) is 83.4 cm³/mol. The molecule has 0 radical (unpaired) electrons. The maximum atomic E-state index is 12.9. The van der Waals surface area contributed by atoms with Crippen molar-refractivity contribution in [1.82, 2.24) is 20.2 Å². The van der Waals surface area contributed by atoms with Gasteiger partial charge >= 0.3 is 0 Å². The fourth-order valence-electron chi connectivity index (χ4n) is 3.62. The first-order valence-electron chi connectivity index (χ1n) is 7.83. The Morgan fingerprint density at radius 1 is 1.27 bits per heavy atom. The van der Waals surface area contributed by atoms with E-state index in [1.807, 2.05) is 11.9 Å². The second kappa shape index (κ2) is 5.25. The summed E-state index contributed by atoms with van der Waals surface area (Å²) < 4.78 is 0. The summed E-state index contributed by atoms with van der Waals surface area (Å²) in [7, 11) is 1.92. The molecule has 5 heteroatoms. The lowest BCUT2D eigenvalue weighted by Gasteiger charge is -2.30. The number of benzene rings is 1. The number of hydrogen-bond acceptors (Lipinski definition) is 3. The number of H-pyrrole nitrogens is 1. The maximum absolute atomic E-state index is 12.9. The summed E-state index contributed by atoms with van der Waals surface area (Å²) in [4.78, 5) is 22.3. The number of nitrogens with one attached hydrogen (secondary N) is 2. The fraction of sp³-hybridized carbons (Fsp3) is 0.412. The van der Waals surface area contributed by atoms with Crippen molar-refractivity contribution < 1.29 is 4.79 Å². The first-order chi connectivity index (χ1) is 10.7. The quantitative estimate of drug-likeness (QED) is 0.876. The monoisotopic (exact) mass is 296 g/mol. The van der Waals surface area contributed by atoms with Crippen LogP contribution in [0.1, 0.15) is 28.6 Å². The number of likely N-dealkylation sites (N-methyl/N-ethyl adjacent to an activating group) is 1. The second-order valence-electron chi connectivity index (χ2n) is 6.18. The Kier molecular flexibility index (Phi) is 3.22. The number of aromatic nitrogens is 2. The molecule has 0 saturated heterocycles. The fourth-order valence-corrected chi connectivity index (χ4v) is 3.62. The molecule has 1 aliphatic carbocycles. The third kappa shape index (κ3) is 2.13. The van der Waals surface area contributed by atoms with E-state index in [1.165, 1.54) is 11.1 Å². The molecule has 0 unspecified atom stereocenters. The van der Waals surface area contributed by atoms with Gasteiger partial charge in [0.1, 0.15) is 6.04 Å². The Morgan fingerprint density at radius 3 is 2.73 bits per heavy atom. The van der Waals surface area contributed by atoms with Crippen LogP contribution in [0.4, 0.5) is 0 Å². The molecular weight excluding hydrogens is 276 g/mol. The van der Waals surface area contributed by atoms with Crippen LogP contribution in [0.25, 0.3) is 0 Å². The summed E-state index contributed by atoms with van der Waals surface area (Å²) in [5, 5.41) is 3.31. The third-order valence-corrected chi connectivity index (χ3v) is 4.92. The zero-order valence-corrected chi connectivity index (χ0v) is 12.7. The minimum Gasteiger partial charge on any atom is -0.348 e. The van der Waals surface area contributed by atoms with E-state index >= 15 is 0 Å². The van der Waals surface area contributed by atoms with Crippen molar-refractivity contribution in [2.75, 3.05) is 13.6 Å². The molecule has 114 valence electrons. The largest absolute Gasteiger partial charge is 0.348 e. The lowest BCUT2D eigenvalue weighted by Crippen LogP contribution is -2.46. The van der Waals surface area contributed by atoms with Crippen LogP contribution in [0.2, 0.25) is 0 Å². The Bertz CT molecular complexity index is 683. The number of amides is 1. The molecule has 0 bridgehead atoms. The Morgan fingerprint density at radius 2 is 2.00 bits per heavy atom. The average molecular weight is 296 g/mol. The highest BCUT2D eigenvalue weighted by atomic mass is 16.2. The van der Waals surface area contributed by atoms with Crippen molar-refractivity contribution in [2.24, 2.45) is 0 Å². The number of fused-ring (bicyclic) bond motifs is 2. The molecule has 1 aromatic heterocycles. The first-order valence-corrected chi connectivity index (χ1v) is 7.83. The van der Waals surface area contributed by atoms with Crippen molar-refractivity contribution in [3.05, 3.63) is 53.1 Å². The van der Waals surface area contributed by atoms with E-state index in [2.05, 4.69) is 39.6 Å². The molecule has 2 heterocycles. The van der Waals surface area contributed by atoms with Gasteiger partial charge in [0.05, 0.1) is 12.0 Å². The van der Waals surface area contributed by atoms with Crippen molar-refractivity contribution in [2.45, 2.75) is 31.3 Å². The van der Waals surface area contributed by atoms with Gasteiger partial charge in [-0.2, -0.15) is 0 Å². The molecule has 1 amide bonds. The van der Waals surface area contributed by atoms with Gasteiger partial charge < -0.3 is 15.2 Å². The predicted octanol–water partition coefficient (Wildman–Crippen LogP) is 1.22. The van der Waals surface area contributed by atoms with Crippen molar-refractivity contribution in [3.63, 3.8) is 0 Å². The van der Waals surface area contributed by atoms with Gasteiger partial charge in [-0.3, -0.25) is 4.79 Å². The minimum absolute atomic E-state index is 0.117. The highest BCUT2D eigenvalue weighted by Gasteiger charge is 2.34. The molecule has 0 saturated carbocycles. The Hall–Kier alpha value is -2.14. The van der Waals surface area contributed by atoms with Crippen LogP contribution < -0.4 is 5.32 Å². The topological polar surface area (TPSA) is 61.0 Å². The minimum atomic E-state index is -0.316. The van der Waals surface area contributed by atoms with E-state index in [4.69, 9.17) is 0 Å². The number of carbonyl (C=O) groups is 1. The molecule has 22 heavy (non-hydrogen) atoms. The maximum Gasteiger partial charge on any atom is 0.246 e. The first kappa shape index (κ1) is 13.5.